The van der Waals surface area contributed by atoms with Crippen molar-refractivity contribution in [1.29, 1.82) is 0 Å². The minimum absolute atomic E-state index is 0.140. The number of nitrogens with zero attached hydrogens (tertiary/aromatic N) is 4. The van der Waals surface area contributed by atoms with Gasteiger partial charge in [-0.15, -0.1) is 0 Å². The standard InChI is InChI=1S/C19H20N6O4/c1-5-13-12(4)20-19(22-17(13)26)24-16(9-10(2)23-24)21-18(27)14-7-6-8-15(11(14)3)25(28)29/h6-9H,5H2,1-4H3,(H,21,27)(H,20,22,26). The molecule has 0 spiro atoms. The van der Waals surface area contributed by atoms with Crippen LogP contribution in [0, 0.1) is 30.9 Å². The Morgan fingerprint density at radius 1 is 1.31 bits per heavy atom. The van der Waals surface area contributed by atoms with Crippen molar-refractivity contribution < 1.29 is 9.72 Å². The Labute approximate surface area is 165 Å². The number of nitrogens with one attached hydrogen (secondary N) is 2. The molecule has 1 amide bonds. The van der Waals surface area contributed by atoms with Gasteiger partial charge in [0.25, 0.3) is 17.2 Å². The molecular weight excluding hydrogens is 376 g/mol. The summed E-state index contributed by atoms with van der Waals surface area (Å²) in [6.07, 6.45) is 0.544. The molecule has 0 saturated heterocycles. The number of H-pyrrole nitrogens is 1. The molecule has 10 nitrogen and oxygen atoms in total. The number of nitro groups is 1. The highest BCUT2D eigenvalue weighted by Crippen LogP contribution is 2.23. The van der Waals surface area contributed by atoms with Gasteiger partial charge in [-0.1, -0.05) is 13.0 Å². The van der Waals surface area contributed by atoms with E-state index in [4.69, 9.17) is 0 Å². The lowest BCUT2D eigenvalue weighted by Crippen LogP contribution is -2.22. The van der Waals surface area contributed by atoms with E-state index in [1.807, 2.05) is 6.92 Å². The number of anilines is 1. The molecule has 10 heteroatoms. The zero-order valence-electron chi connectivity index (χ0n) is 16.4. The second-order valence-electron chi connectivity index (χ2n) is 6.55. The van der Waals surface area contributed by atoms with Crippen molar-refractivity contribution in [3.05, 3.63) is 72.8 Å². The molecule has 2 heterocycles. The molecule has 0 radical (unpaired) electrons. The van der Waals surface area contributed by atoms with Crippen molar-refractivity contribution in [3.8, 4) is 5.95 Å². The van der Waals surface area contributed by atoms with Crippen LogP contribution in [-0.4, -0.2) is 30.6 Å². The molecule has 0 bridgehead atoms. The third kappa shape index (κ3) is 3.77. The van der Waals surface area contributed by atoms with Crippen LogP contribution in [0.1, 0.15) is 39.8 Å². The van der Waals surface area contributed by atoms with Gasteiger partial charge in [0.1, 0.15) is 5.82 Å². The van der Waals surface area contributed by atoms with Crippen LogP contribution >= 0.6 is 0 Å². The molecule has 1 aromatic carbocycles. The van der Waals surface area contributed by atoms with Crippen LogP contribution in [0.3, 0.4) is 0 Å². The number of amides is 1. The molecule has 0 aliphatic heterocycles. The fraction of sp³-hybridized carbons (Fsp3) is 0.263. The van der Waals surface area contributed by atoms with Crippen molar-refractivity contribution in [1.82, 2.24) is 19.7 Å². The highest BCUT2D eigenvalue weighted by Gasteiger charge is 2.20. The van der Waals surface area contributed by atoms with E-state index in [0.29, 0.717) is 23.4 Å². The summed E-state index contributed by atoms with van der Waals surface area (Å²) in [6, 6.07) is 5.92. The van der Waals surface area contributed by atoms with E-state index in [-0.39, 0.29) is 34.1 Å². The molecule has 0 unspecified atom stereocenters. The minimum Gasteiger partial charge on any atom is -0.306 e. The molecule has 0 aliphatic carbocycles. The molecule has 0 fully saturated rings. The minimum atomic E-state index is -0.534. The van der Waals surface area contributed by atoms with Crippen molar-refractivity contribution >= 4 is 17.4 Å². The Morgan fingerprint density at radius 3 is 2.66 bits per heavy atom. The number of hydrogen-bond donors (Lipinski definition) is 2. The number of benzene rings is 1. The third-order valence-electron chi connectivity index (χ3n) is 4.58. The summed E-state index contributed by atoms with van der Waals surface area (Å²) < 4.78 is 1.33. The molecule has 0 atom stereocenters. The van der Waals surface area contributed by atoms with Crippen molar-refractivity contribution in [2.75, 3.05) is 5.32 Å². The van der Waals surface area contributed by atoms with Gasteiger partial charge in [0.05, 0.1) is 10.6 Å². The van der Waals surface area contributed by atoms with Crippen LogP contribution < -0.4 is 10.9 Å². The Bertz CT molecular complexity index is 1180. The van der Waals surface area contributed by atoms with Gasteiger partial charge in [0.2, 0.25) is 5.95 Å². The maximum absolute atomic E-state index is 12.8. The number of nitro benzene ring substituents is 1. The first-order chi connectivity index (χ1) is 13.7. The highest BCUT2D eigenvalue weighted by atomic mass is 16.6. The third-order valence-corrected chi connectivity index (χ3v) is 4.58. The molecule has 2 N–H and O–H groups in total. The average Bonchev–Trinajstić information content (AvgIpc) is 3.01. The molecule has 0 saturated carbocycles. The van der Waals surface area contributed by atoms with Crippen LogP contribution in [-0.2, 0) is 6.42 Å². The largest absolute Gasteiger partial charge is 0.306 e. The number of aromatic amines is 1. The SMILES string of the molecule is CCc1c(C)nc(-n2nc(C)cc2NC(=O)c2cccc([N+](=O)[O-])c2C)[nH]c1=O. The number of carbonyl (C=O) groups is 1. The van der Waals surface area contributed by atoms with Gasteiger partial charge in [0.15, 0.2) is 0 Å². The van der Waals surface area contributed by atoms with E-state index in [1.165, 1.54) is 29.8 Å². The van der Waals surface area contributed by atoms with Gasteiger partial charge in [-0.25, -0.2) is 4.98 Å². The summed E-state index contributed by atoms with van der Waals surface area (Å²) >= 11 is 0. The molecule has 3 rings (SSSR count). The average molecular weight is 396 g/mol. The van der Waals surface area contributed by atoms with Crippen LogP contribution in [0.4, 0.5) is 11.5 Å². The number of carbonyl (C=O) groups excluding carboxylic acids is 1. The molecule has 150 valence electrons. The van der Waals surface area contributed by atoms with Gasteiger partial charge in [-0.2, -0.15) is 9.78 Å². The predicted octanol–water partition coefficient (Wildman–Crippen LogP) is 2.60. The highest BCUT2D eigenvalue weighted by molar-refractivity contribution is 6.05. The summed E-state index contributed by atoms with van der Waals surface area (Å²) in [5.41, 5.74) is 1.77. The molecule has 3 aromatic rings. The van der Waals surface area contributed by atoms with Gasteiger partial charge in [-0.05, 0) is 33.3 Å². The van der Waals surface area contributed by atoms with E-state index >= 15 is 0 Å². The summed E-state index contributed by atoms with van der Waals surface area (Å²) in [4.78, 5) is 42.7. The first-order valence-electron chi connectivity index (χ1n) is 8.95. The Kier molecular flexibility index (Phi) is 5.26. The Morgan fingerprint density at radius 2 is 2.03 bits per heavy atom. The topological polar surface area (TPSA) is 136 Å². The van der Waals surface area contributed by atoms with Crippen LogP contribution in [0.2, 0.25) is 0 Å². The lowest BCUT2D eigenvalue weighted by atomic mass is 10.1. The summed E-state index contributed by atoms with van der Waals surface area (Å²) in [5, 5.41) is 18.1. The van der Waals surface area contributed by atoms with Crippen LogP contribution in [0.25, 0.3) is 5.95 Å². The number of aromatic nitrogens is 4. The van der Waals surface area contributed by atoms with Gasteiger partial charge < -0.3 is 5.32 Å². The van der Waals surface area contributed by atoms with Crippen molar-refractivity contribution in [2.45, 2.75) is 34.1 Å². The number of hydrogen-bond acceptors (Lipinski definition) is 6. The van der Waals surface area contributed by atoms with E-state index < -0.39 is 10.8 Å². The normalized spacial score (nSPS) is 10.8. The van der Waals surface area contributed by atoms with Crippen molar-refractivity contribution in [2.24, 2.45) is 0 Å². The maximum Gasteiger partial charge on any atom is 0.273 e. The van der Waals surface area contributed by atoms with Crippen molar-refractivity contribution in [3.63, 3.8) is 0 Å². The fourth-order valence-corrected chi connectivity index (χ4v) is 3.11. The molecule has 29 heavy (non-hydrogen) atoms. The second-order valence-corrected chi connectivity index (χ2v) is 6.55. The van der Waals surface area contributed by atoms with E-state index in [0.717, 1.165) is 0 Å². The Hall–Kier alpha value is -3.82. The Balaban J connectivity index is 2.01. The van der Waals surface area contributed by atoms with Gasteiger partial charge in [0, 0.05) is 34.5 Å². The van der Waals surface area contributed by atoms with Gasteiger partial charge >= 0.3 is 0 Å². The molecule has 2 aromatic heterocycles. The van der Waals surface area contributed by atoms with E-state index in [9.17, 15) is 19.7 Å². The summed E-state index contributed by atoms with van der Waals surface area (Å²) in [6.45, 7) is 6.85. The first kappa shape index (κ1) is 19.9. The molecule has 0 aliphatic rings. The monoisotopic (exact) mass is 396 g/mol. The first-order valence-corrected chi connectivity index (χ1v) is 8.95. The van der Waals surface area contributed by atoms with Gasteiger partial charge in [-0.3, -0.25) is 24.7 Å². The fourth-order valence-electron chi connectivity index (χ4n) is 3.11. The summed E-state index contributed by atoms with van der Waals surface area (Å²) in [7, 11) is 0. The van der Waals surface area contributed by atoms with Crippen LogP contribution in [0.15, 0.2) is 29.1 Å². The second kappa shape index (κ2) is 7.66. The number of rotatable bonds is 5. The zero-order chi connectivity index (χ0) is 21.3. The lowest BCUT2D eigenvalue weighted by Gasteiger charge is -2.11. The van der Waals surface area contributed by atoms with E-state index in [1.54, 1.807) is 19.9 Å². The predicted molar refractivity (Wildman–Crippen MR) is 107 cm³/mol. The van der Waals surface area contributed by atoms with E-state index in [2.05, 4.69) is 20.4 Å². The maximum atomic E-state index is 12.8. The smallest absolute Gasteiger partial charge is 0.273 e. The van der Waals surface area contributed by atoms with Crippen LogP contribution in [0.5, 0.6) is 0 Å². The summed E-state index contributed by atoms with van der Waals surface area (Å²) in [5.74, 6) is -0.0781. The zero-order valence-corrected chi connectivity index (χ0v) is 16.4. The lowest BCUT2D eigenvalue weighted by molar-refractivity contribution is -0.385. The quantitative estimate of drug-likeness (QED) is 0.502. The number of aryl methyl sites for hydroxylation is 2. The molecular formula is C19H20N6O4.